The number of fused-ring (bicyclic) bond motifs is 2. The fourth-order valence-electron chi connectivity index (χ4n) is 2.85. The van der Waals surface area contributed by atoms with Gasteiger partial charge in [-0.25, -0.2) is 9.97 Å². The number of ether oxygens (including phenoxy) is 2. The van der Waals surface area contributed by atoms with Gasteiger partial charge in [-0.1, -0.05) is 45.9 Å². The van der Waals surface area contributed by atoms with Crippen molar-refractivity contribution in [1.82, 2.24) is 14.5 Å². The zero-order chi connectivity index (χ0) is 19.1. The van der Waals surface area contributed by atoms with Gasteiger partial charge in [-0.3, -0.25) is 0 Å². The second-order valence-electron chi connectivity index (χ2n) is 5.26. The molecule has 0 amide bonds. The number of aryl methyl sites for hydroxylation is 1. The van der Waals surface area contributed by atoms with Crippen molar-refractivity contribution in [2.75, 3.05) is 5.73 Å². The van der Waals surface area contributed by atoms with Crippen LogP contribution in [-0.4, -0.2) is 29.1 Å². The smallest absolute Gasteiger partial charge is 0.158 e. The zero-order valence-electron chi connectivity index (χ0n) is 16.7. The van der Waals surface area contributed by atoms with Gasteiger partial charge in [0.15, 0.2) is 5.75 Å². The molecule has 0 bridgehead atoms. The number of hydrogen-bond donors (Lipinski definition) is 1. The predicted molar refractivity (Wildman–Crippen MR) is 111 cm³/mol. The average Bonchev–Trinajstić information content (AvgIpc) is 3.28. The first kappa shape index (κ1) is 22.3. The molecule has 0 fully saturated rings. The third-order valence-electron chi connectivity index (χ3n) is 3.97. The molecule has 7 heteroatoms. The van der Waals surface area contributed by atoms with Gasteiger partial charge >= 0.3 is 0 Å². The van der Waals surface area contributed by atoms with E-state index in [2.05, 4.69) is 16.0 Å². The predicted octanol–water partition coefficient (Wildman–Crippen LogP) is 4.07. The monoisotopic (exact) mass is 367 g/mol. The lowest BCUT2D eigenvalue weighted by atomic mass is 9.98. The van der Waals surface area contributed by atoms with Crippen LogP contribution in [0, 0.1) is 5.92 Å². The minimum atomic E-state index is 0. The number of aromatic nitrogens is 3. The number of rotatable bonds is 3. The zero-order valence-corrected chi connectivity index (χ0v) is 16.7. The van der Waals surface area contributed by atoms with Crippen molar-refractivity contribution in [2.24, 2.45) is 5.92 Å². The molecule has 2 aliphatic rings. The van der Waals surface area contributed by atoms with Gasteiger partial charge in [0.25, 0.3) is 0 Å². The molecule has 2 aromatic rings. The van der Waals surface area contributed by atoms with Crippen LogP contribution in [-0.2, 0) is 11.3 Å². The van der Waals surface area contributed by atoms with Gasteiger partial charge in [0, 0.05) is 21.2 Å². The van der Waals surface area contributed by atoms with Gasteiger partial charge in [0.05, 0.1) is 5.92 Å². The number of anilines is 1. The quantitative estimate of drug-likeness (QED) is 0.828. The lowest BCUT2D eigenvalue weighted by Gasteiger charge is -2.17. The van der Waals surface area contributed by atoms with Crippen molar-refractivity contribution in [3.05, 3.63) is 48.8 Å². The van der Waals surface area contributed by atoms with Gasteiger partial charge < -0.3 is 19.8 Å². The summed E-state index contributed by atoms with van der Waals surface area (Å²) in [5.74, 6) is 1.94. The molecule has 0 spiro atoms. The molecule has 2 unspecified atom stereocenters. The molecule has 3 radical (unpaired) electrons. The maximum absolute atomic E-state index is 6.09. The Labute approximate surface area is 163 Å². The molecule has 2 atom stereocenters. The van der Waals surface area contributed by atoms with E-state index >= 15 is 0 Å². The molecule has 2 aromatic heterocycles. The van der Waals surface area contributed by atoms with E-state index in [4.69, 9.17) is 15.2 Å². The minimum Gasteiger partial charge on any atom is -0.489 e. The van der Waals surface area contributed by atoms with Gasteiger partial charge in [0.1, 0.15) is 41.3 Å². The summed E-state index contributed by atoms with van der Waals surface area (Å²) in [5, 5.41) is 0.740. The van der Waals surface area contributed by atoms with Crippen LogP contribution in [0.25, 0.3) is 11.0 Å². The highest BCUT2D eigenvalue weighted by Gasteiger charge is 2.31. The highest BCUT2D eigenvalue weighted by Crippen LogP contribution is 2.36. The molecular weight excluding hydrogens is 339 g/mol. The molecule has 4 rings (SSSR count). The maximum Gasteiger partial charge on any atom is 0.158 e. The normalized spacial score (nSPS) is 18.8. The summed E-state index contributed by atoms with van der Waals surface area (Å²) in [6.45, 7) is 10.8. The van der Waals surface area contributed by atoms with E-state index in [0.717, 1.165) is 23.3 Å². The van der Waals surface area contributed by atoms with E-state index in [1.165, 1.54) is 6.33 Å². The van der Waals surface area contributed by atoms with Crippen LogP contribution < -0.4 is 10.5 Å². The maximum atomic E-state index is 6.09. The van der Waals surface area contributed by atoms with Crippen LogP contribution in [0.4, 0.5) is 5.82 Å². The van der Waals surface area contributed by atoms with Crippen LogP contribution >= 0.6 is 0 Å². The van der Waals surface area contributed by atoms with E-state index in [-0.39, 0.29) is 20.4 Å². The molecule has 3 heterocycles. The number of allylic oxidation sites excluding steroid dienone is 2. The van der Waals surface area contributed by atoms with E-state index in [9.17, 15) is 0 Å². The van der Waals surface area contributed by atoms with Crippen LogP contribution in [0.1, 0.15) is 34.6 Å². The summed E-state index contributed by atoms with van der Waals surface area (Å²) in [4.78, 5) is 8.37. The van der Waals surface area contributed by atoms with Gasteiger partial charge in [0.2, 0.25) is 0 Å². The minimum absolute atomic E-state index is 0. The molecule has 1 aliphatic heterocycles. The number of nitrogens with zero attached hydrogens (tertiary/aromatic N) is 3. The van der Waals surface area contributed by atoms with E-state index in [1.54, 1.807) is 6.26 Å². The summed E-state index contributed by atoms with van der Waals surface area (Å²) in [6, 6.07) is 0. The molecule has 2 N–H and O–H groups in total. The molecule has 27 heavy (non-hydrogen) atoms. The molecule has 143 valence electrons. The molecule has 6 nitrogen and oxygen atoms in total. The van der Waals surface area contributed by atoms with Crippen molar-refractivity contribution in [3.63, 3.8) is 0 Å². The average molecular weight is 367 g/mol. The first-order chi connectivity index (χ1) is 12.8. The second kappa shape index (κ2) is 10.5. The van der Waals surface area contributed by atoms with Gasteiger partial charge in [-0.15, -0.1) is 0 Å². The Kier molecular flexibility index (Phi) is 8.65. The summed E-state index contributed by atoms with van der Waals surface area (Å²) in [6.07, 6.45) is 13.1. The molecule has 0 saturated carbocycles. The lowest BCUT2D eigenvalue weighted by molar-refractivity contribution is 0.189. The van der Waals surface area contributed by atoms with Crippen LogP contribution in [0.5, 0.6) is 5.75 Å². The molecule has 1 aliphatic carbocycles. The van der Waals surface area contributed by atoms with Gasteiger partial charge in [-0.2, -0.15) is 0 Å². The largest absolute Gasteiger partial charge is 0.489 e. The summed E-state index contributed by atoms with van der Waals surface area (Å²) in [5.41, 5.74) is 6.79. The standard InChI is InChI=1S/C16H16N4O2.2C2H6.B/c1-2-20-7-12(14-15(17)18-9-19-16(14)20)22-13-8-21-11-6-4-3-5-10(11)13;2*1-2;/h3-11H,2H2,1H3,(H2,17,18,19);2*1-2H3;. The SMILES string of the molecule is CC.CC.CCn1cc(OC2=COC3C=CC=CC23)c2c(N)ncnc21.[B]. The Hall–Kier alpha value is -2.70. The van der Waals surface area contributed by atoms with E-state index in [1.807, 2.05) is 63.6 Å². The molecule has 0 aromatic carbocycles. The fourth-order valence-corrected chi connectivity index (χ4v) is 2.85. The summed E-state index contributed by atoms with van der Waals surface area (Å²) >= 11 is 0. The van der Waals surface area contributed by atoms with Crippen LogP contribution in [0.2, 0.25) is 0 Å². The van der Waals surface area contributed by atoms with Crippen molar-refractivity contribution >= 4 is 25.3 Å². The van der Waals surface area contributed by atoms with Crippen LogP contribution in [0.15, 0.2) is 48.8 Å². The fraction of sp³-hybridized carbons (Fsp3) is 0.400. The number of nitrogens with two attached hydrogens (primary N) is 1. The summed E-state index contributed by atoms with van der Waals surface area (Å²) < 4.78 is 13.7. The Morgan fingerprint density at radius 2 is 1.85 bits per heavy atom. The van der Waals surface area contributed by atoms with E-state index in [0.29, 0.717) is 11.6 Å². The first-order valence-electron chi connectivity index (χ1n) is 9.25. The molecular formula is C20H28BN4O2. The third-order valence-corrected chi connectivity index (χ3v) is 3.97. The van der Waals surface area contributed by atoms with Crippen molar-refractivity contribution in [2.45, 2.75) is 47.3 Å². The Morgan fingerprint density at radius 1 is 1.15 bits per heavy atom. The van der Waals surface area contributed by atoms with Crippen molar-refractivity contribution < 1.29 is 9.47 Å². The van der Waals surface area contributed by atoms with E-state index < -0.39 is 0 Å². The lowest BCUT2D eigenvalue weighted by Crippen LogP contribution is -2.18. The van der Waals surface area contributed by atoms with Crippen molar-refractivity contribution in [3.8, 4) is 5.75 Å². The Bertz CT molecular complexity index is 827. The molecule has 0 saturated heterocycles. The topological polar surface area (TPSA) is 75.2 Å². The Balaban J connectivity index is 0.000000686. The highest BCUT2D eigenvalue weighted by atomic mass is 16.5. The van der Waals surface area contributed by atoms with Gasteiger partial charge in [-0.05, 0) is 13.0 Å². The summed E-state index contributed by atoms with van der Waals surface area (Å²) in [7, 11) is 0. The van der Waals surface area contributed by atoms with Crippen molar-refractivity contribution in [1.29, 1.82) is 0 Å². The second-order valence-corrected chi connectivity index (χ2v) is 5.26. The van der Waals surface area contributed by atoms with Crippen LogP contribution in [0.3, 0.4) is 0 Å². The Morgan fingerprint density at radius 3 is 2.56 bits per heavy atom. The number of nitrogen functional groups attached to an aromatic ring is 1. The highest BCUT2D eigenvalue weighted by molar-refractivity contribution is 5.92. The first-order valence-corrected chi connectivity index (χ1v) is 9.25. The third kappa shape index (κ3) is 4.35. The number of hydrogen-bond acceptors (Lipinski definition) is 5.